The van der Waals surface area contributed by atoms with E-state index in [-0.39, 0.29) is 18.2 Å². The Labute approximate surface area is 187 Å². The van der Waals surface area contributed by atoms with Crippen molar-refractivity contribution in [1.82, 2.24) is 20.7 Å². The lowest BCUT2D eigenvalue weighted by atomic mass is 10.2. The number of pyridine rings is 1. The number of thiocarbonyl (C=S) groups is 1. The molecule has 0 radical (unpaired) electrons. The summed E-state index contributed by atoms with van der Waals surface area (Å²) in [6.45, 7) is 0.535. The smallest absolute Gasteiger partial charge is 0.269 e. The van der Waals surface area contributed by atoms with Crippen LogP contribution in [0.25, 0.3) is 6.08 Å². The van der Waals surface area contributed by atoms with Crippen LogP contribution < -0.4 is 10.9 Å². The van der Waals surface area contributed by atoms with Crippen molar-refractivity contribution in [1.29, 1.82) is 0 Å². The van der Waals surface area contributed by atoms with Crippen molar-refractivity contribution in [2.24, 2.45) is 0 Å². The number of carbonyl (C=O) groups is 3. The normalized spacial score (nSPS) is 14.9. The maximum Gasteiger partial charge on any atom is 0.269 e. The van der Waals surface area contributed by atoms with Gasteiger partial charge in [-0.25, -0.2) is 0 Å². The van der Waals surface area contributed by atoms with Crippen molar-refractivity contribution in [3.63, 3.8) is 0 Å². The molecule has 3 amide bonds. The van der Waals surface area contributed by atoms with E-state index in [0.717, 1.165) is 17.7 Å². The van der Waals surface area contributed by atoms with E-state index in [1.54, 1.807) is 28.4 Å². The summed E-state index contributed by atoms with van der Waals surface area (Å²) in [5.74, 6) is -0.715. The minimum Gasteiger partial charge on any atom is -0.293 e. The van der Waals surface area contributed by atoms with Gasteiger partial charge < -0.3 is 0 Å². The van der Waals surface area contributed by atoms with Gasteiger partial charge in [0.05, 0.1) is 4.91 Å². The molecular weight excluding hydrogens is 440 g/mol. The second kappa shape index (κ2) is 11.0. The first-order valence-electron chi connectivity index (χ1n) is 9.32. The van der Waals surface area contributed by atoms with Gasteiger partial charge in [0.25, 0.3) is 11.8 Å². The van der Waals surface area contributed by atoms with Gasteiger partial charge in [0.1, 0.15) is 4.32 Å². The quantitative estimate of drug-likeness (QED) is 0.272. The molecule has 156 valence electrons. The third kappa shape index (κ3) is 6.22. The molecule has 3 heterocycles. The molecule has 1 aliphatic heterocycles. The summed E-state index contributed by atoms with van der Waals surface area (Å²) in [6, 6.07) is 7.02. The zero-order valence-electron chi connectivity index (χ0n) is 16.0. The van der Waals surface area contributed by atoms with Crippen LogP contribution in [0.5, 0.6) is 0 Å². The number of aromatic nitrogens is 1. The van der Waals surface area contributed by atoms with Crippen LogP contribution in [0.3, 0.4) is 0 Å². The second-order valence-electron chi connectivity index (χ2n) is 6.40. The molecule has 0 atom stereocenters. The van der Waals surface area contributed by atoms with Crippen LogP contribution in [0.1, 0.15) is 40.9 Å². The maximum absolute atomic E-state index is 12.5. The summed E-state index contributed by atoms with van der Waals surface area (Å²) in [7, 11) is 0. The highest BCUT2D eigenvalue weighted by Crippen LogP contribution is 2.33. The molecule has 2 aromatic heterocycles. The van der Waals surface area contributed by atoms with Crippen LogP contribution in [0, 0.1) is 0 Å². The number of nitrogens with one attached hydrogen (secondary N) is 2. The number of unbranched alkanes of at least 4 members (excludes halogenated alkanes) is 2. The van der Waals surface area contributed by atoms with Crippen LogP contribution in [0.15, 0.2) is 46.9 Å². The first kappa shape index (κ1) is 22.1. The molecule has 0 aliphatic carbocycles. The van der Waals surface area contributed by atoms with Crippen LogP contribution >= 0.6 is 35.3 Å². The zero-order chi connectivity index (χ0) is 21.3. The number of thioether (sulfide) groups is 1. The van der Waals surface area contributed by atoms with E-state index in [1.807, 2.05) is 23.6 Å². The van der Waals surface area contributed by atoms with Gasteiger partial charge in [-0.05, 0) is 42.5 Å². The lowest BCUT2D eigenvalue weighted by Gasteiger charge is -2.14. The highest BCUT2D eigenvalue weighted by molar-refractivity contribution is 8.26. The van der Waals surface area contributed by atoms with Crippen molar-refractivity contribution in [3.8, 4) is 0 Å². The molecule has 7 nitrogen and oxygen atoms in total. The fraction of sp³-hybridized carbons (Fsp3) is 0.250. The van der Waals surface area contributed by atoms with Gasteiger partial charge in [0.2, 0.25) is 5.91 Å². The molecule has 30 heavy (non-hydrogen) atoms. The van der Waals surface area contributed by atoms with E-state index in [0.29, 0.717) is 27.8 Å². The van der Waals surface area contributed by atoms with Gasteiger partial charge in [-0.2, -0.15) is 0 Å². The first-order valence-corrected chi connectivity index (χ1v) is 11.4. The molecule has 3 rings (SSSR count). The van der Waals surface area contributed by atoms with E-state index in [9.17, 15) is 14.4 Å². The number of hydrogen-bond acceptors (Lipinski definition) is 7. The first-order chi connectivity index (χ1) is 14.5. The van der Waals surface area contributed by atoms with Crippen molar-refractivity contribution >= 4 is 63.4 Å². The summed E-state index contributed by atoms with van der Waals surface area (Å²) in [5.41, 5.74) is 5.19. The lowest BCUT2D eigenvalue weighted by Crippen LogP contribution is -2.41. The molecular formula is C20H20N4O3S3. The molecule has 0 spiro atoms. The molecule has 0 bridgehead atoms. The van der Waals surface area contributed by atoms with E-state index < -0.39 is 5.91 Å². The number of hydrogen-bond donors (Lipinski definition) is 2. The third-order valence-electron chi connectivity index (χ3n) is 4.23. The summed E-state index contributed by atoms with van der Waals surface area (Å²) >= 11 is 8.23. The van der Waals surface area contributed by atoms with Gasteiger partial charge in [0, 0.05) is 35.8 Å². The Hall–Kier alpha value is -2.56. The van der Waals surface area contributed by atoms with Crippen molar-refractivity contribution in [2.75, 3.05) is 6.54 Å². The van der Waals surface area contributed by atoms with Crippen LogP contribution in [0.4, 0.5) is 0 Å². The SMILES string of the molecule is O=C(CCCCCN1C(=O)/C(=C/c2cccs2)SC1=S)NNC(=O)c1ccncc1. The summed E-state index contributed by atoms with van der Waals surface area (Å²) < 4.78 is 0.569. The maximum atomic E-state index is 12.5. The van der Waals surface area contributed by atoms with Crippen LogP contribution in [-0.4, -0.2) is 38.5 Å². The fourth-order valence-electron chi connectivity index (χ4n) is 2.69. The van der Waals surface area contributed by atoms with Gasteiger partial charge in [-0.3, -0.25) is 35.1 Å². The topological polar surface area (TPSA) is 91.4 Å². The molecule has 10 heteroatoms. The van der Waals surface area contributed by atoms with Gasteiger partial charge in [0.15, 0.2) is 0 Å². The number of carbonyl (C=O) groups excluding carboxylic acids is 3. The van der Waals surface area contributed by atoms with Gasteiger partial charge >= 0.3 is 0 Å². The zero-order valence-corrected chi connectivity index (χ0v) is 18.4. The highest BCUT2D eigenvalue weighted by atomic mass is 32.2. The van der Waals surface area contributed by atoms with Gasteiger partial charge in [-0.15, -0.1) is 11.3 Å². The average Bonchev–Trinajstić information content (AvgIpc) is 3.35. The summed E-state index contributed by atoms with van der Waals surface area (Å²) in [6.07, 6.45) is 7.33. The van der Waals surface area contributed by atoms with Crippen molar-refractivity contribution in [2.45, 2.75) is 25.7 Å². The number of nitrogens with zero attached hydrogens (tertiary/aromatic N) is 2. The molecule has 1 fully saturated rings. The average molecular weight is 461 g/mol. The summed E-state index contributed by atoms with van der Waals surface area (Å²) in [5, 5.41) is 1.97. The summed E-state index contributed by atoms with van der Waals surface area (Å²) in [4.78, 5) is 43.4. The standard InChI is InChI=1S/C20H20N4O3S3/c25-17(22-23-18(26)14-7-9-21-10-8-14)6-2-1-3-11-24-19(27)16(30-20(24)28)13-15-5-4-12-29-15/h4-5,7-10,12-13H,1-3,6,11H2,(H,22,25)(H,23,26)/b16-13-. The molecule has 1 saturated heterocycles. The number of hydrazine groups is 1. The largest absolute Gasteiger partial charge is 0.293 e. The Morgan fingerprint density at radius 3 is 2.67 bits per heavy atom. The third-order valence-corrected chi connectivity index (χ3v) is 6.43. The molecule has 0 saturated carbocycles. The molecule has 0 unspecified atom stereocenters. The number of thiophene rings is 1. The Kier molecular flexibility index (Phi) is 8.12. The van der Waals surface area contributed by atoms with Gasteiger partial charge in [-0.1, -0.05) is 36.5 Å². The minimum absolute atomic E-state index is 0.0602. The molecule has 0 aromatic carbocycles. The molecule has 1 aliphatic rings. The Morgan fingerprint density at radius 2 is 1.93 bits per heavy atom. The van der Waals surface area contributed by atoms with E-state index in [1.165, 1.54) is 24.2 Å². The predicted octanol–water partition coefficient (Wildman–Crippen LogP) is 3.37. The Morgan fingerprint density at radius 1 is 1.13 bits per heavy atom. The highest BCUT2D eigenvalue weighted by Gasteiger charge is 2.31. The number of amides is 3. The number of rotatable bonds is 8. The van der Waals surface area contributed by atoms with E-state index in [2.05, 4.69) is 15.8 Å². The van der Waals surface area contributed by atoms with Crippen LogP contribution in [-0.2, 0) is 9.59 Å². The molecule has 2 N–H and O–H groups in total. The lowest BCUT2D eigenvalue weighted by molar-refractivity contribution is -0.123. The Bertz CT molecular complexity index is 945. The molecule has 2 aromatic rings. The Balaban J connectivity index is 1.33. The van der Waals surface area contributed by atoms with E-state index in [4.69, 9.17) is 12.2 Å². The fourth-order valence-corrected chi connectivity index (χ4v) is 4.72. The van der Waals surface area contributed by atoms with Crippen molar-refractivity contribution < 1.29 is 14.4 Å². The monoisotopic (exact) mass is 460 g/mol. The predicted molar refractivity (Wildman–Crippen MR) is 123 cm³/mol. The van der Waals surface area contributed by atoms with E-state index >= 15 is 0 Å². The second-order valence-corrected chi connectivity index (χ2v) is 9.05. The van der Waals surface area contributed by atoms with Crippen LogP contribution in [0.2, 0.25) is 0 Å². The van der Waals surface area contributed by atoms with Crippen molar-refractivity contribution in [3.05, 3.63) is 57.4 Å². The minimum atomic E-state index is -0.393.